The number of amidine groups is 1. The summed E-state index contributed by atoms with van der Waals surface area (Å²) in [6.07, 6.45) is 2.14. The summed E-state index contributed by atoms with van der Waals surface area (Å²) in [5, 5.41) is 5.97. The highest BCUT2D eigenvalue weighted by Gasteiger charge is 2.18. The van der Waals surface area contributed by atoms with Gasteiger partial charge in [-0.3, -0.25) is 5.43 Å². The summed E-state index contributed by atoms with van der Waals surface area (Å²) in [5.74, 6) is 1.49. The highest BCUT2D eigenvalue weighted by atomic mass is 35.5. The average Bonchev–Trinajstić information content (AvgIpc) is 2.94. The average molecular weight is 438 g/mol. The van der Waals surface area contributed by atoms with Crippen molar-refractivity contribution in [1.29, 1.82) is 0 Å². The molecule has 0 spiro atoms. The van der Waals surface area contributed by atoms with Crippen LogP contribution in [0.25, 0.3) is 0 Å². The van der Waals surface area contributed by atoms with Crippen LogP contribution in [0.4, 0.5) is 5.69 Å². The number of hydrazone groups is 1. The van der Waals surface area contributed by atoms with Crippen LogP contribution >= 0.6 is 23.2 Å². The minimum absolute atomic E-state index is 0.631. The molecule has 3 aromatic carbocycles. The molecule has 0 amide bonds. The summed E-state index contributed by atoms with van der Waals surface area (Å²) < 4.78 is 5.78. The summed E-state index contributed by atoms with van der Waals surface area (Å²) in [4.78, 5) is 4.79. The molecule has 4 nitrogen and oxygen atoms in total. The van der Waals surface area contributed by atoms with Gasteiger partial charge in [-0.05, 0) is 73.2 Å². The highest BCUT2D eigenvalue weighted by Crippen LogP contribution is 2.29. The standard InChI is InChI=1S/C24H21Cl2N3O/c1-2-3-14-30-20-11-6-16(7-12-20)23-21-15-19(26)10-13-22(21)27-24(29-28-23)17-4-8-18(25)9-5-17/h4-13,15H,2-3,14H2,1H3,(H,27,29). The summed E-state index contributed by atoms with van der Waals surface area (Å²) in [5.41, 5.74) is 7.36. The van der Waals surface area contributed by atoms with Crippen LogP contribution in [0.1, 0.15) is 36.5 Å². The Hall–Kier alpha value is -2.82. The molecule has 30 heavy (non-hydrogen) atoms. The largest absolute Gasteiger partial charge is 0.494 e. The van der Waals surface area contributed by atoms with Gasteiger partial charge in [0.05, 0.1) is 12.3 Å². The van der Waals surface area contributed by atoms with Crippen molar-refractivity contribution in [2.75, 3.05) is 6.61 Å². The number of fused-ring (bicyclic) bond motifs is 1. The second-order valence-corrected chi connectivity index (χ2v) is 7.80. The lowest BCUT2D eigenvalue weighted by Gasteiger charge is -2.10. The fourth-order valence-corrected chi connectivity index (χ4v) is 3.41. The molecule has 0 unspecified atom stereocenters. The maximum Gasteiger partial charge on any atom is 0.154 e. The third kappa shape index (κ3) is 4.66. The van der Waals surface area contributed by atoms with Crippen molar-refractivity contribution in [2.45, 2.75) is 19.8 Å². The lowest BCUT2D eigenvalue weighted by Crippen LogP contribution is -2.19. The maximum absolute atomic E-state index is 6.29. The van der Waals surface area contributed by atoms with Gasteiger partial charge in [0.2, 0.25) is 0 Å². The third-order valence-electron chi connectivity index (χ3n) is 4.73. The molecule has 6 heteroatoms. The van der Waals surface area contributed by atoms with Crippen molar-refractivity contribution in [3.63, 3.8) is 0 Å². The van der Waals surface area contributed by atoms with Crippen molar-refractivity contribution in [2.24, 2.45) is 10.1 Å². The van der Waals surface area contributed by atoms with Gasteiger partial charge in [-0.15, -0.1) is 0 Å². The molecule has 1 aliphatic rings. The lowest BCUT2D eigenvalue weighted by atomic mass is 10.0. The van der Waals surface area contributed by atoms with E-state index in [9.17, 15) is 0 Å². The van der Waals surface area contributed by atoms with E-state index in [4.69, 9.17) is 32.9 Å². The molecule has 4 rings (SSSR count). The summed E-state index contributed by atoms with van der Waals surface area (Å²) in [6.45, 7) is 2.86. The Labute approximate surface area is 186 Å². The highest BCUT2D eigenvalue weighted by molar-refractivity contribution is 6.32. The molecule has 0 fully saturated rings. The van der Waals surface area contributed by atoms with Gasteiger partial charge in [0.25, 0.3) is 0 Å². The van der Waals surface area contributed by atoms with Crippen LogP contribution in [0.3, 0.4) is 0 Å². The molecule has 0 saturated carbocycles. The Morgan fingerprint density at radius 3 is 2.30 bits per heavy atom. The topological polar surface area (TPSA) is 46.0 Å². The summed E-state index contributed by atoms with van der Waals surface area (Å²) in [7, 11) is 0. The van der Waals surface area contributed by atoms with Crippen molar-refractivity contribution < 1.29 is 4.74 Å². The normalized spacial score (nSPS) is 12.9. The lowest BCUT2D eigenvalue weighted by molar-refractivity contribution is 0.309. The Bertz CT molecular complexity index is 1090. The fourth-order valence-electron chi connectivity index (χ4n) is 3.11. The molecule has 0 bridgehead atoms. The van der Waals surface area contributed by atoms with Gasteiger partial charge < -0.3 is 4.74 Å². The van der Waals surface area contributed by atoms with E-state index in [0.29, 0.717) is 15.9 Å². The number of nitrogens with zero attached hydrogens (tertiary/aromatic N) is 2. The zero-order valence-electron chi connectivity index (χ0n) is 16.5. The number of ether oxygens (including phenoxy) is 1. The molecule has 0 radical (unpaired) electrons. The predicted molar refractivity (Wildman–Crippen MR) is 125 cm³/mol. The van der Waals surface area contributed by atoms with Crippen molar-refractivity contribution in [1.82, 2.24) is 5.43 Å². The molecule has 1 heterocycles. The van der Waals surface area contributed by atoms with Gasteiger partial charge in [0.1, 0.15) is 11.5 Å². The fraction of sp³-hybridized carbons (Fsp3) is 0.167. The van der Waals surface area contributed by atoms with Gasteiger partial charge >= 0.3 is 0 Å². The second kappa shape index (κ2) is 9.33. The zero-order valence-corrected chi connectivity index (χ0v) is 18.0. The van der Waals surface area contributed by atoms with Crippen LogP contribution in [0.2, 0.25) is 10.0 Å². The van der Waals surface area contributed by atoms with Crippen LogP contribution in [0.5, 0.6) is 5.75 Å². The Kier molecular flexibility index (Phi) is 6.36. The number of unbranched alkanes of at least 4 members (excludes halogenated alkanes) is 1. The van der Waals surface area contributed by atoms with Gasteiger partial charge in [-0.2, -0.15) is 5.10 Å². The molecular weight excluding hydrogens is 417 g/mol. The van der Waals surface area contributed by atoms with Gasteiger partial charge in [0, 0.05) is 26.7 Å². The first-order valence-corrected chi connectivity index (χ1v) is 10.6. The minimum atomic E-state index is 0.631. The Morgan fingerprint density at radius 1 is 0.867 bits per heavy atom. The Balaban J connectivity index is 1.69. The molecule has 1 aliphatic heterocycles. The summed E-state index contributed by atoms with van der Waals surface area (Å²) >= 11 is 12.3. The molecule has 1 N–H and O–H groups in total. The first kappa shape index (κ1) is 20.5. The van der Waals surface area contributed by atoms with Crippen molar-refractivity contribution in [3.05, 3.63) is 93.5 Å². The number of aliphatic imine (C=N–C) groups is 1. The molecule has 0 saturated heterocycles. The van der Waals surface area contributed by atoms with E-state index < -0.39 is 0 Å². The van der Waals surface area contributed by atoms with E-state index >= 15 is 0 Å². The zero-order chi connectivity index (χ0) is 20.9. The van der Waals surface area contributed by atoms with Crippen molar-refractivity contribution in [3.8, 4) is 5.75 Å². The van der Waals surface area contributed by atoms with E-state index in [0.717, 1.165) is 53.3 Å². The van der Waals surface area contributed by atoms with E-state index in [2.05, 4.69) is 17.5 Å². The molecule has 0 aliphatic carbocycles. The smallest absolute Gasteiger partial charge is 0.154 e. The number of benzene rings is 3. The molecule has 3 aromatic rings. The van der Waals surface area contributed by atoms with Gasteiger partial charge in [0.15, 0.2) is 5.84 Å². The number of hydrogen-bond acceptors (Lipinski definition) is 4. The van der Waals surface area contributed by atoms with Crippen molar-refractivity contribution >= 4 is 40.4 Å². The van der Waals surface area contributed by atoms with Crippen LogP contribution in [-0.2, 0) is 0 Å². The number of nitrogens with one attached hydrogen (secondary N) is 1. The maximum atomic E-state index is 6.29. The quantitative estimate of drug-likeness (QED) is 0.441. The van der Waals surface area contributed by atoms with Crippen LogP contribution in [0, 0.1) is 0 Å². The molecule has 0 atom stereocenters. The van der Waals surface area contributed by atoms with E-state index in [1.165, 1.54) is 0 Å². The number of rotatable bonds is 6. The Morgan fingerprint density at radius 2 is 1.57 bits per heavy atom. The van der Waals surface area contributed by atoms with E-state index in [1.807, 2.05) is 66.7 Å². The minimum Gasteiger partial charge on any atom is -0.494 e. The van der Waals surface area contributed by atoms with Crippen LogP contribution < -0.4 is 10.2 Å². The van der Waals surface area contributed by atoms with Gasteiger partial charge in [-0.1, -0.05) is 36.5 Å². The molecular formula is C24H21Cl2N3O. The van der Waals surface area contributed by atoms with Crippen LogP contribution in [0.15, 0.2) is 76.8 Å². The first-order valence-electron chi connectivity index (χ1n) is 9.85. The molecule has 0 aromatic heterocycles. The first-order chi connectivity index (χ1) is 14.6. The van der Waals surface area contributed by atoms with Gasteiger partial charge in [-0.25, -0.2) is 4.99 Å². The predicted octanol–water partition coefficient (Wildman–Crippen LogP) is 6.61. The second-order valence-electron chi connectivity index (χ2n) is 6.93. The number of hydrogen-bond donors (Lipinski definition) is 1. The summed E-state index contributed by atoms with van der Waals surface area (Å²) in [6, 6.07) is 21.0. The van der Waals surface area contributed by atoms with Crippen LogP contribution in [-0.4, -0.2) is 18.2 Å². The number of halogens is 2. The molecule has 152 valence electrons. The monoisotopic (exact) mass is 437 g/mol. The third-order valence-corrected chi connectivity index (χ3v) is 5.22. The van der Waals surface area contributed by atoms with E-state index in [1.54, 1.807) is 0 Å². The van der Waals surface area contributed by atoms with E-state index in [-0.39, 0.29) is 0 Å². The SMILES string of the molecule is CCCCOc1ccc(C2=NNC(c3ccc(Cl)cc3)=Nc3ccc(Cl)cc32)cc1.